The van der Waals surface area contributed by atoms with E-state index in [-0.39, 0.29) is 24.4 Å². The van der Waals surface area contributed by atoms with Gasteiger partial charge in [-0.1, -0.05) is 12.1 Å². The molecule has 90 valence electrons. The van der Waals surface area contributed by atoms with Gasteiger partial charge in [0.25, 0.3) is 5.69 Å². The molecule has 0 unspecified atom stereocenters. The van der Waals surface area contributed by atoms with Gasteiger partial charge in [0.1, 0.15) is 12.2 Å². The molecule has 0 saturated heterocycles. The van der Waals surface area contributed by atoms with E-state index >= 15 is 0 Å². The van der Waals surface area contributed by atoms with E-state index in [1.165, 1.54) is 6.07 Å². The molecule has 1 aromatic carbocycles. The maximum Gasteiger partial charge on any atom is 0.332 e. The van der Waals surface area contributed by atoms with Crippen molar-refractivity contribution in [3.8, 4) is 0 Å². The minimum absolute atomic E-state index is 0.0102. The van der Waals surface area contributed by atoms with Crippen LogP contribution in [0, 0.1) is 17.0 Å². The molecule has 1 aromatic rings. The number of anilines is 1. The summed E-state index contributed by atoms with van der Waals surface area (Å²) in [5, 5.41) is 13.3. The summed E-state index contributed by atoms with van der Waals surface area (Å²) in [7, 11) is 0. The van der Waals surface area contributed by atoms with Crippen LogP contribution in [0.15, 0.2) is 18.2 Å². The molecule has 7 nitrogen and oxygen atoms in total. The zero-order valence-electron chi connectivity index (χ0n) is 9.00. The number of hydrogen-bond donors (Lipinski definition) is 1. The van der Waals surface area contributed by atoms with E-state index in [9.17, 15) is 19.7 Å². The van der Waals surface area contributed by atoms with Crippen LogP contribution in [0.4, 0.5) is 11.4 Å². The Morgan fingerprint density at radius 2 is 2.29 bits per heavy atom. The van der Waals surface area contributed by atoms with Crippen molar-refractivity contribution in [1.29, 1.82) is 0 Å². The summed E-state index contributed by atoms with van der Waals surface area (Å²) in [5.74, 6) is -0.808. The Morgan fingerprint density at radius 3 is 2.88 bits per heavy atom. The van der Waals surface area contributed by atoms with Gasteiger partial charge in [-0.3, -0.25) is 14.9 Å². The van der Waals surface area contributed by atoms with E-state index in [1.807, 2.05) is 0 Å². The number of aryl methyl sites for hydroxylation is 1. The lowest BCUT2D eigenvalue weighted by molar-refractivity contribution is -0.384. The SMILES string of the molecule is Cc1cccc([N+](=O)[O-])c1NCC(=O)OC=O. The fraction of sp³-hybridized carbons (Fsp3) is 0.200. The molecule has 7 heteroatoms. The topological polar surface area (TPSA) is 98.5 Å². The van der Waals surface area contributed by atoms with Gasteiger partial charge < -0.3 is 10.1 Å². The molecule has 0 fully saturated rings. The Morgan fingerprint density at radius 1 is 1.59 bits per heavy atom. The molecular weight excluding hydrogens is 228 g/mol. The third-order valence-corrected chi connectivity index (χ3v) is 2.04. The molecule has 0 heterocycles. The molecule has 0 radical (unpaired) electrons. The number of rotatable bonds is 5. The molecule has 0 spiro atoms. The van der Waals surface area contributed by atoms with Gasteiger partial charge in [0.05, 0.1) is 4.92 Å². The number of nitro groups is 1. The van der Waals surface area contributed by atoms with Gasteiger partial charge in [-0.2, -0.15) is 0 Å². The van der Waals surface area contributed by atoms with E-state index in [2.05, 4.69) is 10.1 Å². The summed E-state index contributed by atoms with van der Waals surface area (Å²) in [6.45, 7) is 1.36. The third-order valence-electron chi connectivity index (χ3n) is 2.04. The normalized spacial score (nSPS) is 9.47. The van der Waals surface area contributed by atoms with Crippen LogP contribution in [0.1, 0.15) is 5.56 Å². The van der Waals surface area contributed by atoms with Crippen LogP contribution in [-0.4, -0.2) is 23.9 Å². The van der Waals surface area contributed by atoms with Crippen molar-refractivity contribution in [3.63, 3.8) is 0 Å². The van der Waals surface area contributed by atoms with Crippen molar-refractivity contribution in [2.24, 2.45) is 0 Å². The number of para-hydroxylation sites is 1. The number of carbonyl (C=O) groups excluding carboxylic acids is 2. The summed E-state index contributed by atoms with van der Waals surface area (Å²) in [4.78, 5) is 31.0. The first-order valence-corrected chi connectivity index (χ1v) is 4.67. The van der Waals surface area contributed by atoms with Crippen molar-refractivity contribution >= 4 is 23.8 Å². The van der Waals surface area contributed by atoms with Crippen molar-refractivity contribution in [2.45, 2.75) is 6.92 Å². The minimum Gasteiger partial charge on any atom is -0.394 e. The summed E-state index contributed by atoms with van der Waals surface area (Å²) >= 11 is 0. The van der Waals surface area contributed by atoms with E-state index in [0.717, 1.165) is 0 Å². The first-order valence-electron chi connectivity index (χ1n) is 4.67. The van der Waals surface area contributed by atoms with Crippen LogP contribution in [-0.2, 0) is 14.3 Å². The van der Waals surface area contributed by atoms with E-state index in [4.69, 9.17) is 0 Å². The number of nitrogens with zero attached hydrogens (tertiary/aromatic N) is 1. The average Bonchev–Trinajstić information content (AvgIpc) is 2.27. The molecular formula is C10H10N2O5. The maximum absolute atomic E-state index is 10.9. The lowest BCUT2D eigenvalue weighted by atomic mass is 10.1. The van der Waals surface area contributed by atoms with Gasteiger partial charge in [-0.15, -0.1) is 0 Å². The number of benzene rings is 1. The molecule has 0 aromatic heterocycles. The van der Waals surface area contributed by atoms with Crippen molar-refractivity contribution in [2.75, 3.05) is 11.9 Å². The number of hydrogen-bond acceptors (Lipinski definition) is 6. The third kappa shape index (κ3) is 3.26. The second kappa shape index (κ2) is 5.59. The smallest absolute Gasteiger partial charge is 0.332 e. The van der Waals surface area contributed by atoms with Crippen LogP contribution in [0.3, 0.4) is 0 Å². The molecule has 17 heavy (non-hydrogen) atoms. The largest absolute Gasteiger partial charge is 0.394 e. The second-order valence-electron chi connectivity index (χ2n) is 3.17. The van der Waals surface area contributed by atoms with Crippen LogP contribution in [0.2, 0.25) is 0 Å². The second-order valence-corrected chi connectivity index (χ2v) is 3.17. The predicted molar refractivity (Wildman–Crippen MR) is 58.5 cm³/mol. The molecule has 0 aliphatic heterocycles. The molecule has 0 amide bonds. The summed E-state index contributed by atoms with van der Waals surface area (Å²) in [6.07, 6.45) is 0. The van der Waals surface area contributed by atoms with Gasteiger partial charge in [0, 0.05) is 6.07 Å². The summed E-state index contributed by atoms with van der Waals surface area (Å²) in [5.41, 5.74) is 0.724. The number of nitrogens with one attached hydrogen (secondary N) is 1. The van der Waals surface area contributed by atoms with Crippen molar-refractivity contribution in [3.05, 3.63) is 33.9 Å². The van der Waals surface area contributed by atoms with Gasteiger partial charge in [-0.05, 0) is 12.5 Å². The van der Waals surface area contributed by atoms with Gasteiger partial charge in [0.15, 0.2) is 0 Å². The molecule has 0 aliphatic carbocycles. The lowest BCUT2D eigenvalue weighted by Gasteiger charge is -2.08. The number of nitro benzene ring substituents is 1. The van der Waals surface area contributed by atoms with Crippen LogP contribution in [0.25, 0.3) is 0 Å². The van der Waals surface area contributed by atoms with Crippen LogP contribution < -0.4 is 5.32 Å². The monoisotopic (exact) mass is 238 g/mol. The first-order chi connectivity index (χ1) is 8.06. The fourth-order valence-corrected chi connectivity index (χ4v) is 1.29. The van der Waals surface area contributed by atoms with E-state index in [1.54, 1.807) is 19.1 Å². The molecule has 0 saturated carbocycles. The highest BCUT2D eigenvalue weighted by molar-refractivity contribution is 5.81. The molecule has 1 rings (SSSR count). The Kier molecular flexibility index (Phi) is 4.15. The Bertz CT molecular complexity index is 458. The van der Waals surface area contributed by atoms with Gasteiger partial charge in [0.2, 0.25) is 0 Å². The van der Waals surface area contributed by atoms with E-state index < -0.39 is 10.9 Å². The Balaban J connectivity index is 2.86. The predicted octanol–water partition coefficient (Wildman–Crippen LogP) is 1.01. The average molecular weight is 238 g/mol. The molecule has 0 bridgehead atoms. The van der Waals surface area contributed by atoms with Crippen molar-refractivity contribution in [1.82, 2.24) is 0 Å². The minimum atomic E-state index is -0.808. The van der Waals surface area contributed by atoms with E-state index in [0.29, 0.717) is 5.56 Å². The summed E-state index contributed by atoms with van der Waals surface area (Å²) in [6, 6.07) is 4.53. The van der Waals surface area contributed by atoms with Gasteiger partial charge in [-0.25, -0.2) is 4.79 Å². The number of ether oxygens (including phenoxy) is 1. The molecule has 1 N–H and O–H groups in total. The summed E-state index contributed by atoms with van der Waals surface area (Å²) < 4.78 is 4.05. The maximum atomic E-state index is 10.9. The van der Waals surface area contributed by atoms with Gasteiger partial charge >= 0.3 is 12.4 Å². The van der Waals surface area contributed by atoms with Crippen molar-refractivity contribution < 1.29 is 19.2 Å². The number of carbonyl (C=O) groups is 2. The quantitative estimate of drug-likeness (QED) is 0.270. The van der Waals surface area contributed by atoms with Crippen LogP contribution >= 0.6 is 0 Å². The molecule has 0 aliphatic rings. The zero-order valence-corrected chi connectivity index (χ0v) is 9.00. The standard InChI is InChI=1S/C10H10N2O5/c1-7-3-2-4-8(12(15)16)10(7)11-5-9(14)17-6-13/h2-4,6,11H,5H2,1H3. The first kappa shape index (κ1) is 12.6. The lowest BCUT2D eigenvalue weighted by Crippen LogP contribution is -2.17. The number of esters is 1. The highest BCUT2D eigenvalue weighted by Gasteiger charge is 2.16. The van der Waals surface area contributed by atoms with Crippen LogP contribution in [0.5, 0.6) is 0 Å². The molecule has 0 atom stereocenters. The Hall–Kier alpha value is -2.44. The highest BCUT2D eigenvalue weighted by atomic mass is 16.6. The highest BCUT2D eigenvalue weighted by Crippen LogP contribution is 2.27. The zero-order chi connectivity index (χ0) is 12.8. The Labute approximate surface area is 96.5 Å². The fourth-order valence-electron chi connectivity index (χ4n) is 1.29.